The van der Waals surface area contributed by atoms with Crippen molar-refractivity contribution < 1.29 is 4.74 Å². The maximum absolute atomic E-state index is 6.92. The van der Waals surface area contributed by atoms with Crippen LogP contribution < -0.4 is 15.1 Å². The van der Waals surface area contributed by atoms with Crippen LogP contribution in [0.2, 0.25) is 26.2 Å². The lowest BCUT2D eigenvalue weighted by molar-refractivity contribution is 0.354. The zero-order valence-electron chi connectivity index (χ0n) is 35.3. The molecule has 1 aliphatic carbocycles. The van der Waals surface area contributed by atoms with Crippen molar-refractivity contribution in [2.24, 2.45) is 0 Å². The lowest BCUT2D eigenvalue weighted by Gasteiger charge is -2.38. The molecule has 54 heavy (non-hydrogen) atoms. The summed E-state index contributed by atoms with van der Waals surface area (Å²) in [4.78, 5) is 0. The number of aryl methyl sites for hydroxylation is 1. The molecular weight excluding hydrogens is 685 g/mol. The van der Waals surface area contributed by atoms with Gasteiger partial charge in [-0.15, -0.1) is 0 Å². The Morgan fingerprint density at radius 2 is 1.17 bits per heavy atom. The van der Waals surface area contributed by atoms with Gasteiger partial charge >= 0.3 is 0 Å². The first-order valence-corrected chi connectivity index (χ1v) is 26.5. The van der Waals surface area contributed by atoms with Gasteiger partial charge in [0.05, 0.1) is 16.9 Å². The van der Waals surface area contributed by atoms with Crippen LogP contribution in [0, 0.1) is 6.92 Å². The van der Waals surface area contributed by atoms with Crippen molar-refractivity contribution in [2.45, 2.75) is 117 Å². The van der Waals surface area contributed by atoms with Crippen LogP contribution in [0.5, 0.6) is 5.75 Å². The fourth-order valence-electron chi connectivity index (χ4n) is 9.11. The molecule has 0 aromatic heterocycles. The van der Waals surface area contributed by atoms with E-state index in [1.165, 1.54) is 71.9 Å². The molecule has 0 spiro atoms. The van der Waals surface area contributed by atoms with Crippen LogP contribution in [0.1, 0.15) is 112 Å². The molecule has 0 radical (unpaired) electrons. The second kappa shape index (κ2) is 15.7. The van der Waals surface area contributed by atoms with Gasteiger partial charge < -0.3 is 4.74 Å². The molecule has 0 N–H and O–H groups in total. The van der Waals surface area contributed by atoms with E-state index in [4.69, 9.17) is 4.74 Å². The summed E-state index contributed by atoms with van der Waals surface area (Å²) in [5.74, 6) is 2.26. The van der Waals surface area contributed by atoms with Gasteiger partial charge in [0.1, 0.15) is 12.4 Å². The highest BCUT2D eigenvalue weighted by atomic mass is 28.3. The average Bonchev–Trinajstić information content (AvgIpc) is 3.49. The number of rotatable bonds is 12. The quantitative estimate of drug-likeness (QED) is 0.0912. The fourth-order valence-corrected chi connectivity index (χ4v) is 15.0. The minimum atomic E-state index is -2.39. The van der Waals surface area contributed by atoms with Crippen LogP contribution >= 0.6 is 0 Å². The normalized spacial score (nSPS) is 15.2. The molecule has 1 nitrogen and oxygen atoms in total. The van der Waals surface area contributed by atoms with Crippen LogP contribution in [0.3, 0.4) is 0 Å². The topological polar surface area (TPSA) is 9.23 Å². The minimum absolute atomic E-state index is 0.0525. The molecule has 2 unspecified atom stereocenters. The number of hydrogen-bond acceptors (Lipinski definition) is 1. The molecular formula is C51H64OSi2. The van der Waals surface area contributed by atoms with E-state index in [0.29, 0.717) is 18.4 Å². The standard InChI is InChI=1S/C51H64OSi2/c1-14-29-52-48-46(30-35(6)49(53(10)11)47(48)51(7,8)9)54(12,13)50-44-31-40(38-21-17-36(18-22-38)33(4)15-2)25-27-42(44)43-28-26-41(32-45(43)50)39-23-19-37(20-24-39)34(5)16-3/h14,17-28,30-34,50,53H,1,15-16,29H2,2-13H3. The van der Waals surface area contributed by atoms with Crippen LogP contribution in [0.25, 0.3) is 33.4 Å². The van der Waals surface area contributed by atoms with Crippen LogP contribution in [0.4, 0.5) is 0 Å². The second-order valence-corrected chi connectivity index (χ2v) is 25.4. The van der Waals surface area contributed by atoms with E-state index in [2.05, 4.69) is 179 Å². The third-order valence-electron chi connectivity index (χ3n) is 12.5. The smallest absolute Gasteiger partial charge is 0.122 e. The van der Waals surface area contributed by atoms with Gasteiger partial charge in [0, 0.05) is 5.54 Å². The Labute approximate surface area is 330 Å². The number of ether oxygens (including phenoxy) is 1. The Bertz CT molecular complexity index is 2030. The molecule has 5 aromatic carbocycles. The van der Waals surface area contributed by atoms with Gasteiger partial charge in [0.2, 0.25) is 0 Å². The van der Waals surface area contributed by atoms with E-state index in [9.17, 15) is 0 Å². The molecule has 0 saturated heterocycles. The highest BCUT2D eigenvalue weighted by Crippen LogP contribution is 2.52. The van der Waals surface area contributed by atoms with Crippen molar-refractivity contribution in [2.75, 3.05) is 6.61 Å². The molecule has 3 heteroatoms. The molecule has 0 heterocycles. The zero-order chi connectivity index (χ0) is 39.1. The zero-order valence-corrected chi connectivity index (χ0v) is 37.4. The van der Waals surface area contributed by atoms with E-state index in [-0.39, 0.29) is 11.0 Å². The molecule has 1 aliphatic rings. The molecule has 5 aromatic rings. The van der Waals surface area contributed by atoms with Crippen LogP contribution in [0.15, 0.2) is 104 Å². The first kappa shape index (κ1) is 39.8. The van der Waals surface area contributed by atoms with Crippen molar-refractivity contribution in [3.63, 3.8) is 0 Å². The minimum Gasteiger partial charge on any atom is -0.489 e. The first-order valence-electron chi connectivity index (χ1n) is 20.5. The number of benzene rings is 5. The number of fused-ring (bicyclic) bond motifs is 3. The highest BCUT2D eigenvalue weighted by Gasteiger charge is 2.45. The van der Waals surface area contributed by atoms with Gasteiger partial charge in [0.15, 0.2) is 0 Å². The summed E-state index contributed by atoms with van der Waals surface area (Å²) in [5, 5.41) is 2.99. The predicted octanol–water partition coefficient (Wildman–Crippen LogP) is 13.2. The van der Waals surface area contributed by atoms with Crippen LogP contribution in [-0.2, 0) is 5.41 Å². The van der Waals surface area contributed by atoms with Crippen molar-refractivity contribution in [3.8, 4) is 39.1 Å². The number of hydrogen-bond donors (Lipinski definition) is 0. The summed E-state index contributed by atoms with van der Waals surface area (Å²) in [7, 11) is -3.57. The van der Waals surface area contributed by atoms with E-state index in [1.807, 2.05) is 6.08 Å². The van der Waals surface area contributed by atoms with Crippen molar-refractivity contribution in [1.82, 2.24) is 0 Å². The summed E-state index contributed by atoms with van der Waals surface area (Å²) in [6.07, 6.45) is 4.21. The molecule has 282 valence electrons. The monoisotopic (exact) mass is 748 g/mol. The summed E-state index contributed by atoms with van der Waals surface area (Å²) < 4.78 is 6.92. The largest absolute Gasteiger partial charge is 0.489 e. The van der Waals surface area contributed by atoms with Gasteiger partial charge in [0.25, 0.3) is 0 Å². The lowest BCUT2D eigenvalue weighted by Crippen LogP contribution is -2.51. The molecule has 0 saturated carbocycles. The maximum atomic E-state index is 6.92. The molecule has 0 aliphatic heterocycles. The van der Waals surface area contributed by atoms with E-state index in [1.54, 1.807) is 5.19 Å². The summed E-state index contributed by atoms with van der Waals surface area (Å²) in [6.45, 7) is 33.4. The Morgan fingerprint density at radius 1 is 0.722 bits per heavy atom. The molecule has 0 fully saturated rings. The van der Waals surface area contributed by atoms with Crippen molar-refractivity contribution >= 4 is 27.2 Å². The third kappa shape index (κ3) is 7.39. The Kier molecular flexibility index (Phi) is 11.5. The third-order valence-corrected chi connectivity index (χ3v) is 18.2. The summed E-state index contributed by atoms with van der Waals surface area (Å²) >= 11 is 0. The second-order valence-electron chi connectivity index (χ2n) is 18.0. The van der Waals surface area contributed by atoms with Gasteiger partial charge in [-0.3, -0.25) is 0 Å². The van der Waals surface area contributed by atoms with Crippen LogP contribution in [-0.4, -0.2) is 23.5 Å². The maximum Gasteiger partial charge on any atom is 0.122 e. The van der Waals surface area contributed by atoms with Gasteiger partial charge in [-0.2, -0.15) is 0 Å². The summed E-state index contributed by atoms with van der Waals surface area (Å²) in [6, 6.07) is 35.8. The van der Waals surface area contributed by atoms with Gasteiger partial charge in [-0.05, 0) is 103 Å². The Balaban J connectivity index is 1.59. The average molecular weight is 749 g/mol. The fraction of sp³-hybridized carbons (Fsp3) is 0.373. The van der Waals surface area contributed by atoms with Gasteiger partial charge in [-0.25, -0.2) is 0 Å². The molecule has 2 atom stereocenters. The van der Waals surface area contributed by atoms with Gasteiger partial charge in [-0.1, -0.05) is 189 Å². The molecule has 0 bridgehead atoms. The Morgan fingerprint density at radius 3 is 1.56 bits per heavy atom. The summed E-state index contributed by atoms with van der Waals surface area (Å²) in [5.41, 5.74) is 16.7. The highest BCUT2D eigenvalue weighted by molar-refractivity contribution is 6.92. The lowest BCUT2D eigenvalue weighted by atomic mass is 9.85. The Hall–Kier alpha value is -3.93. The first-order chi connectivity index (χ1) is 25.6. The van der Waals surface area contributed by atoms with Crippen molar-refractivity contribution in [1.29, 1.82) is 0 Å². The molecule has 0 amide bonds. The van der Waals surface area contributed by atoms with E-state index in [0.717, 1.165) is 18.6 Å². The van der Waals surface area contributed by atoms with E-state index >= 15 is 0 Å². The predicted molar refractivity (Wildman–Crippen MR) is 243 cm³/mol. The SMILES string of the molecule is C=CCOc1c([Si](C)(C)C2c3cc(-c4ccc(C(C)CC)cc4)ccc3-c3ccc(-c4ccc(C(C)CC)cc4)cc32)cc(C)c([SiH](C)C)c1C(C)(C)C. The van der Waals surface area contributed by atoms with E-state index < -0.39 is 16.9 Å². The van der Waals surface area contributed by atoms with Crippen molar-refractivity contribution in [3.05, 3.63) is 137 Å². The molecule has 6 rings (SSSR count).